The number of alkyl halides is 3. The van der Waals surface area contributed by atoms with Gasteiger partial charge in [-0.15, -0.1) is 0 Å². The average molecular weight is 304 g/mol. The number of rotatable bonds is 7. The summed E-state index contributed by atoms with van der Waals surface area (Å²) in [5.74, 6) is -0.386. The first-order valence-electron chi connectivity index (χ1n) is 6.53. The largest absolute Gasteiger partial charge is 0.416 e. The summed E-state index contributed by atoms with van der Waals surface area (Å²) in [7, 11) is 1.55. The second kappa shape index (κ2) is 7.99. The molecule has 0 aliphatic heterocycles. The molecule has 0 heterocycles. The van der Waals surface area contributed by atoms with Gasteiger partial charge in [-0.1, -0.05) is 12.1 Å². The zero-order valence-electron chi connectivity index (χ0n) is 11.7. The molecule has 21 heavy (non-hydrogen) atoms. The summed E-state index contributed by atoms with van der Waals surface area (Å²) >= 11 is 0. The molecule has 1 atom stereocenters. The van der Waals surface area contributed by atoms with Crippen molar-refractivity contribution in [2.75, 3.05) is 13.7 Å². The third kappa shape index (κ3) is 6.14. The minimum absolute atomic E-state index is 0.0146. The Morgan fingerprint density at radius 1 is 1.43 bits per heavy atom. The zero-order chi connectivity index (χ0) is 15.9. The first-order valence-corrected chi connectivity index (χ1v) is 6.53. The third-order valence-corrected chi connectivity index (χ3v) is 2.92. The minimum atomic E-state index is -4.39. The molecule has 3 N–H and O–H groups in total. The lowest BCUT2D eigenvalue weighted by molar-refractivity contribution is -0.137. The van der Waals surface area contributed by atoms with Crippen molar-refractivity contribution in [2.45, 2.75) is 31.6 Å². The van der Waals surface area contributed by atoms with Crippen LogP contribution in [0.25, 0.3) is 0 Å². The highest BCUT2D eigenvalue weighted by Crippen LogP contribution is 2.29. The molecule has 1 unspecified atom stereocenters. The van der Waals surface area contributed by atoms with E-state index in [4.69, 9.17) is 10.5 Å². The van der Waals surface area contributed by atoms with E-state index in [-0.39, 0.29) is 12.5 Å². The van der Waals surface area contributed by atoms with Crippen molar-refractivity contribution in [1.82, 2.24) is 5.32 Å². The third-order valence-electron chi connectivity index (χ3n) is 2.92. The second-order valence-electron chi connectivity index (χ2n) is 4.66. The molecule has 0 aromatic heterocycles. The van der Waals surface area contributed by atoms with Crippen LogP contribution in [-0.4, -0.2) is 25.7 Å². The number of carbonyl (C=O) groups is 1. The lowest BCUT2D eigenvalue weighted by atomic mass is 10.1. The molecule has 0 aliphatic rings. The van der Waals surface area contributed by atoms with Crippen LogP contribution in [0.2, 0.25) is 0 Å². The van der Waals surface area contributed by atoms with Crippen molar-refractivity contribution in [3.63, 3.8) is 0 Å². The van der Waals surface area contributed by atoms with Crippen LogP contribution in [0.1, 0.15) is 24.0 Å². The van der Waals surface area contributed by atoms with Gasteiger partial charge in [-0.2, -0.15) is 13.2 Å². The molecule has 7 heteroatoms. The number of benzene rings is 1. The number of nitrogens with one attached hydrogen (secondary N) is 1. The normalized spacial score (nSPS) is 13.0. The highest BCUT2D eigenvalue weighted by molar-refractivity contribution is 5.81. The van der Waals surface area contributed by atoms with Crippen LogP contribution in [-0.2, 0) is 22.3 Å². The van der Waals surface area contributed by atoms with Crippen molar-refractivity contribution >= 4 is 5.91 Å². The van der Waals surface area contributed by atoms with Gasteiger partial charge in [0.2, 0.25) is 5.91 Å². The number of methoxy groups -OCH3 is 1. The minimum Gasteiger partial charge on any atom is -0.385 e. The van der Waals surface area contributed by atoms with Crippen molar-refractivity contribution < 1.29 is 22.7 Å². The topological polar surface area (TPSA) is 64.3 Å². The van der Waals surface area contributed by atoms with Crippen LogP contribution >= 0.6 is 0 Å². The van der Waals surface area contributed by atoms with Gasteiger partial charge in [0.15, 0.2) is 0 Å². The molecule has 0 fully saturated rings. The summed E-state index contributed by atoms with van der Waals surface area (Å²) in [4.78, 5) is 11.7. The Bertz CT molecular complexity index is 464. The van der Waals surface area contributed by atoms with Crippen LogP contribution in [0.3, 0.4) is 0 Å². The lowest BCUT2D eigenvalue weighted by Crippen LogP contribution is -2.40. The van der Waals surface area contributed by atoms with Crippen LogP contribution < -0.4 is 11.1 Å². The van der Waals surface area contributed by atoms with Crippen LogP contribution in [0, 0.1) is 0 Å². The Kier molecular flexibility index (Phi) is 6.64. The van der Waals surface area contributed by atoms with Crippen molar-refractivity contribution in [1.29, 1.82) is 0 Å². The summed E-state index contributed by atoms with van der Waals surface area (Å²) in [6, 6.07) is 4.14. The summed E-state index contributed by atoms with van der Waals surface area (Å²) in [6.45, 7) is 0.523. The number of amides is 1. The molecule has 0 radical (unpaired) electrons. The number of ether oxygens (including phenoxy) is 1. The highest BCUT2D eigenvalue weighted by atomic mass is 19.4. The monoisotopic (exact) mass is 304 g/mol. The fraction of sp³-hybridized carbons (Fsp3) is 0.500. The molecule has 0 saturated heterocycles. The quantitative estimate of drug-likeness (QED) is 0.758. The predicted octanol–water partition coefficient (Wildman–Crippen LogP) is 2.08. The Labute approximate surface area is 121 Å². The molecule has 4 nitrogen and oxygen atoms in total. The van der Waals surface area contributed by atoms with E-state index in [9.17, 15) is 18.0 Å². The fourth-order valence-corrected chi connectivity index (χ4v) is 1.76. The van der Waals surface area contributed by atoms with Crippen LogP contribution in [0.15, 0.2) is 24.3 Å². The molecule has 118 valence electrons. The molecule has 1 aromatic carbocycles. The Morgan fingerprint density at radius 2 is 2.14 bits per heavy atom. The molecule has 0 saturated carbocycles. The van der Waals surface area contributed by atoms with Gasteiger partial charge in [-0.25, -0.2) is 0 Å². The molecule has 0 bridgehead atoms. The first kappa shape index (κ1) is 17.5. The number of halogens is 3. The molecule has 0 aliphatic carbocycles. The summed E-state index contributed by atoms with van der Waals surface area (Å²) in [5, 5.41) is 2.53. The number of nitrogens with two attached hydrogens (primary N) is 1. The molecule has 1 amide bonds. The molecule has 1 rings (SSSR count). The van der Waals surface area contributed by atoms with E-state index in [0.717, 1.165) is 12.1 Å². The maximum absolute atomic E-state index is 12.5. The molecule has 1 aromatic rings. The lowest BCUT2D eigenvalue weighted by Gasteiger charge is -2.13. The van der Waals surface area contributed by atoms with E-state index < -0.39 is 17.8 Å². The van der Waals surface area contributed by atoms with Gasteiger partial charge >= 0.3 is 6.18 Å². The van der Waals surface area contributed by atoms with Crippen molar-refractivity contribution in [3.05, 3.63) is 35.4 Å². The van der Waals surface area contributed by atoms with Gasteiger partial charge in [0.05, 0.1) is 11.6 Å². The molecular formula is C14H19F3N2O2. The smallest absolute Gasteiger partial charge is 0.385 e. The maximum Gasteiger partial charge on any atom is 0.416 e. The summed E-state index contributed by atoms with van der Waals surface area (Å²) in [6.07, 6.45) is -3.28. The van der Waals surface area contributed by atoms with Gasteiger partial charge in [0.25, 0.3) is 0 Å². The SMILES string of the molecule is COCCCC(N)C(=O)NCc1cccc(C(F)(F)F)c1. The summed E-state index contributed by atoms with van der Waals surface area (Å²) in [5.41, 5.74) is 5.31. The van der Waals surface area contributed by atoms with E-state index in [1.54, 1.807) is 7.11 Å². The van der Waals surface area contributed by atoms with E-state index in [2.05, 4.69) is 5.32 Å². The standard InChI is InChI=1S/C14H19F3N2O2/c1-21-7-3-6-12(18)13(20)19-9-10-4-2-5-11(8-10)14(15,16)17/h2,4-5,8,12H,3,6-7,9,18H2,1H3,(H,19,20). The number of hydrogen-bond donors (Lipinski definition) is 2. The maximum atomic E-state index is 12.5. The average Bonchev–Trinajstić information content (AvgIpc) is 2.44. The van der Waals surface area contributed by atoms with Crippen molar-refractivity contribution in [3.8, 4) is 0 Å². The fourth-order valence-electron chi connectivity index (χ4n) is 1.76. The number of carbonyl (C=O) groups excluding carboxylic acids is 1. The second-order valence-corrected chi connectivity index (χ2v) is 4.66. The van der Waals surface area contributed by atoms with E-state index in [1.807, 2.05) is 0 Å². The Hall–Kier alpha value is -1.60. The molecule has 0 spiro atoms. The molecular weight excluding hydrogens is 285 g/mol. The van der Waals surface area contributed by atoms with E-state index in [0.29, 0.717) is 25.0 Å². The Morgan fingerprint density at radius 3 is 2.76 bits per heavy atom. The van der Waals surface area contributed by atoms with Crippen molar-refractivity contribution in [2.24, 2.45) is 5.73 Å². The van der Waals surface area contributed by atoms with E-state index in [1.165, 1.54) is 12.1 Å². The van der Waals surface area contributed by atoms with E-state index >= 15 is 0 Å². The predicted molar refractivity (Wildman–Crippen MR) is 72.4 cm³/mol. The van der Waals surface area contributed by atoms with Gasteiger partial charge in [-0.05, 0) is 30.5 Å². The van der Waals surface area contributed by atoms with Gasteiger partial charge in [0, 0.05) is 20.3 Å². The Balaban J connectivity index is 2.49. The number of hydrogen-bond acceptors (Lipinski definition) is 3. The highest BCUT2D eigenvalue weighted by Gasteiger charge is 2.30. The van der Waals surface area contributed by atoms with Gasteiger partial charge in [0.1, 0.15) is 0 Å². The van der Waals surface area contributed by atoms with Gasteiger partial charge < -0.3 is 15.8 Å². The first-order chi connectivity index (χ1) is 9.84. The zero-order valence-corrected chi connectivity index (χ0v) is 11.7. The van der Waals surface area contributed by atoms with Gasteiger partial charge in [-0.3, -0.25) is 4.79 Å². The van der Waals surface area contributed by atoms with Crippen LogP contribution in [0.4, 0.5) is 13.2 Å². The van der Waals surface area contributed by atoms with Crippen LogP contribution in [0.5, 0.6) is 0 Å². The summed E-state index contributed by atoms with van der Waals surface area (Å²) < 4.78 is 42.5.